The normalized spacial score (nSPS) is 10.2. The lowest BCUT2D eigenvalue weighted by Gasteiger charge is -2.00. The van der Waals surface area contributed by atoms with Crippen molar-refractivity contribution < 1.29 is 0 Å². The molecule has 0 saturated heterocycles. The molecule has 0 spiro atoms. The number of hydrogen-bond donors (Lipinski definition) is 2. The molecule has 0 unspecified atom stereocenters. The fraction of sp³-hybridized carbons (Fsp3) is 0. The molecule has 76 valence electrons. The first kappa shape index (κ1) is 9.85. The van der Waals surface area contributed by atoms with Crippen LogP contribution in [0.25, 0.3) is 11.4 Å². The SMILES string of the molecule is Nc1nc(-c2cccc(Br)c2)[nH]c(=O)n1. The zero-order chi connectivity index (χ0) is 10.8. The molecule has 0 radical (unpaired) electrons. The van der Waals surface area contributed by atoms with Crippen LogP contribution in [0, 0.1) is 0 Å². The summed E-state index contributed by atoms with van der Waals surface area (Å²) in [6.07, 6.45) is 0. The molecular formula is C9H7BrN4O. The van der Waals surface area contributed by atoms with Crippen molar-refractivity contribution in [2.24, 2.45) is 0 Å². The number of H-pyrrole nitrogens is 1. The molecule has 0 atom stereocenters. The molecule has 6 heteroatoms. The Bertz CT molecular complexity index is 552. The van der Waals surface area contributed by atoms with E-state index < -0.39 is 5.69 Å². The van der Waals surface area contributed by atoms with Crippen molar-refractivity contribution in [1.82, 2.24) is 15.0 Å². The van der Waals surface area contributed by atoms with Gasteiger partial charge in [0.05, 0.1) is 0 Å². The first-order valence-electron chi connectivity index (χ1n) is 4.15. The van der Waals surface area contributed by atoms with Gasteiger partial charge in [-0.2, -0.15) is 9.97 Å². The highest BCUT2D eigenvalue weighted by Gasteiger charge is 2.02. The molecule has 0 aliphatic heterocycles. The summed E-state index contributed by atoms with van der Waals surface area (Å²) in [7, 11) is 0. The number of nitrogens with two attached hydrogens (primary N) is 1. The maximum atomic E-state index is 11.1. The van der Waals surface area contributed by atoms with Crippen LogP contribution in [0.4, 0.5) is 5.95 Å². The van der Waals surface area contributed by atoms with Crippen LogP contribution in [0.3, 0.4) is 0 Å². The number of nitrogen functional groups attached to an aromatic ring is 1. The first-order valence-corrected chi connectivity index (χ1v) is 4.94. The third kappa shape index (κ3) is 2.21. The number of hydrogen-bond acceptors (Lipinski definition) is 4. The van der Waals surface area contributed by atoms with E-state index >= 15 is 0 Å². The van der Waals surface area contributed by atoms with Gasteiger partial charge in [-0.3, -0.25) is 4.98 Å². The molecule has 0 aliphatic rings. The summed E-state index contributed by atoms with van der Waals surface area (Å²) in [6.45, 7) is 0. The van der Waals surface area contributed by atoms with E-state index in [0.717, 1.165) is 10.0 Å². The van der Waals surface area contributed by atoms with Crippen LogP contribution in [-0.4, -0.2) is 15.0 Å². The molecule has 0 bridgehead atoms. The minimum absolute atomic E-state index is 0.0336. The van der Waals surface area contributed by atoms with Crippen molar-refractivity contribution in [3.63, 3.8) is 0 Å². The Morgan fingerprint density at radius 1 is 1.33 bits per heavy atom. The van der Waals surface area contributed by atoms with E-state index in [-0.39, 0.29) is 5.95 Å². The number of benzene rings is 1. The van der Waals surface area contributed by atoms with E-state index in [1.54, 1.807) is 0 Å². The van der Waals surface area contributed by atoms with Gasteiger partial charge in [-0.15, -0.1) is 0 Å². The van der Waals surface area contributed by atoms with E-state index in [1.807, 2.05) is 24.3 Å². The summed E-state index contributed by atoms with van der Waals surface area (Å²) in [6, 6.07) is 7.38. The summed E-state index contributed by atoms with van der Waals surface area (Å²) in [4.78, 5) is 20.9. The predicted molar refractivity (Wildman–Crippen MR) is 60.2 cm³/mol. The second-order valence-electron chi connectivity index (χ2n) is 2.87. The zero-order valence-electron chi connectivity index (χ0n) is 7.57. The molecule has 0 fully saturated rings. The topological polar surface area (TPSA) is 84.7 Å². The van der Waals surface area contributed by atoms with E-state index in [0.29, 0.717) is 5.82 Å². The smallest absolute Gasteiger partial charge is 0.349 e. The second kappa shape index (κ2) is 3.82. The minimum Gasteiger partial charge on any atom is -0.368 e. The number of nitrogens with one attached hydrogen (secondary N) is 1. The van der Waals surface area contributed by atoms with E-state index in [4.69, 9.17) is 5.73 Å². The fourth-order valence-electron chi connectivity index (χ4n) is 1.17. The Labute approximate surface area is 93.5 Å². The monoisotopic (exact) mass is 266 g/mol. The molecule has 0 saturated carbocycles. The number of anilines is 1. The Balaban J connectivity index is 2.59. The molecule has 15 heavy (non-hydrogen) atoms. The van der Waals surface area contributed by atoms with Crippen LogP contribution in [0.1, 0.15) is 0 Å². The standard InChI is InChI=1S/C9H7BrN4O/c10-6-3-1-2-5(4-6)7-12-8(11)14-9(15)13-7/h1-4H,(H3,11,12,13,14,15). The van der Waals surface area contributed by atoms with Gasteiger partial charge in [0.2, 0.25) is 5.95 Å². The maximum absolute atomic E-state index is 11.1. The van der Waals surface area contributed by atoms with Crippen LogP contribution >= 0.6 is 15.9 Å². The summed E-state index contributed by atoms with van der Waals surface area (Å²) in [5.41, 5.74) is 5.65. The van der Waals surface area contributed by atoms with Crippen molar-refractivity contribution in [2.45, 2.75) is 0 Å². The second-order valence-corrected chi connectivity index (χ2v) is 3.79. The summed E-state index contributed by atoms with van der Waals surface area (Å²) in [5.74, 6) is 0.377. The van der Waals surface area contributed by atoms with Gasteiger partial charge < -0.3 is 5.73 Å². The highest BCUT2D eigenvalue weighted by molar-refractivity contribution is 9.10. The number of rotatable bonds is 1. The van der Waals surface area contributed by atoms with E-state index in [9.17, 15) is 4.79 Å². The molecular weight excluding hydrogens is 260 g/mol. The van der Waals surface area contributed by atoms with Crippen LogP contribution in [-0.2, 0) is 0 Å². The van der Waals surface area contributed by atoms with E-state index in [1.165, 1.54) is 0 Å². The number of nitrogens with zero attached hydrogens (tertiary/aromatic N) is 2. The minimum atomic E-state index is -0.502. The molecule has 2 aromatic rings. The highest BCUT2D eigenvalue weighted by atomic mass is 79.9. The zero-order valence-corrected chi connectivity index (χ0v) is 9.15. The third-order valence-electron chi connectivity index (χ3n) is 1.77. The summed E-state index contributed by atoms with van der Waals surface area (Å²) in [5, 5.41) is 0. The van der Waals surface area contributed by atoms with Crippen molar-refractivity contribution in [3.8, 4) is 11.4 Å². The largest absolute Gasteiger partial charge is 0.368 e. The lowest BCUT2D eigenvalue weighted by molar-refractivity contribution is 1.01. The molecule has 1 aromatic heterocycles. The van der Waals surface area contributed by atoms with Crippen LogP contribution in [0.5, 0.6) is 0 Å². The van der Waals surface area contributed by atoms with Gasteiger partial charge in [0.15, 0.2) is 0 Å². The van der Waals surface area contributed by atoms with Crippen LogP contribution in [0.2, 0.25) is 0 Å². The summed E-state index contributed by atoms with van der Waals surface area (Å²) < 4.78 is 0.901. The molecule has 0 aliphatic carbocycles. The fourth-order valence-corrected chi connectivity index (χ4v) is 1.57. The van der Waals surface area contributed by atoms with Gasteiger partial charge in [-0.25, -0.2) is 4.79 Å². The first-order chi connectivity index (χ1) is 7.15. The van der Waals surface area contributed by atoms with Crippen molar-refractivity contribution in [1.29, 1.82) is 0 Å². The van der Waals surface area contributed by atoms with Crippen molar-refractivity contribution in [2.75, 3.05) is 5.73 Å². The Hall–Kier alpha value is -1.69. The van der Waals surface area contributed by atoms with Gasteiger partial charge in [0, 0.05) is 10.0 Å². The van der Waals surface area contributed by atoms with Crippen LogP contribution in [0.15, 0.2) is 33.5 Å². The predicted octanol–water partition coefficient (Wildman–Crippen LogP) is 1.18. The highest BCUT2D eigenvalue weighted by Crippen LogP contribution is 2.18. The molecule has 0 amide bonds. The Morgan fingerprint density at radius 3 is 2.80 bits per heavy atom. The van der Waals surface area contributed by atoms with Gasteiger partial charge in [0.1, 0.15) is 5.82 Å². The molecule has 2 rings (SSSR count). The van der Waals surface area contributed by atoms with Gasteiger partial charge in [-0.05, 0) is 12.1 Å². The molecule has 1 heterocycles. The third-order valence-corrected chi connectivity index (χ3v) is 2.26. The van der Waals surface area contributed by atoms with Crippen molar-refractivity contribution >= 4 is 21.9 Å². The number of aromatic amines is 1. The van der Waals surface area contributed by atoms with E-state index in [2.05, 4.69) is 30.9 Å². The lowest BCUT2D eigenvalue weighted by atomic mass is 10.2. The average Bonchev–Trinajstić information content (AvgIpc) is 2.16. The van der Waals surface area contributed by atoms with Crippen molar-refractivity contribution in [3.05, 3.63) is 39.2 Å². The quantitative estimate of drug-likeness (QED) is 0.812. The van der Waals surface area contributed by atoms with Gasteiger partial charge in [-0.1, -0.05) is 28.1 Å². The average molecular weight is 267 g/mol. The lowest BCUT2D eigenvalue weighted by Crippen LogP contribution is -2.15. The van der Waals surface area contributed by atoms with Gasteiger partial charge >= 0.3 is 5.69 Å². The van der Waals surface area contributed by atoms with Crippen LogP contribution < -0.4 is 11.4 Å². The Kier molecular flexibility index (Phi) is 2.51. The molecule has 3 N–H and O–H groups in total. The number of halogens is 1. The molecule has 5 nitrogen and oxygen atoms in total. The number of aromatic nitrogens is 3. The summed E-state index contributed by atoms with van der Waals surface area (Å²) >= 11 is 3.33. The van der Waals surface area contributed by atoms with Gasteiger partial charge in [0.25, 0.3) is 0 Å². The maximum Gasteiger partial charge on any atom is 0.349 e. The Morgan fingerprint density at radius 2 is 2.13 bits per heavy atom. The molecule has 1 aromatic carbocycles.